The SMILES string of the molecule is CC(NC(=O)c1cn(C2CCNCC2)nn1)(C(N)=O)c1cccc(Cl)c1. The summed E-state index contributed by atoms with van der Waals surface area (Å²) in [4.78, 5) is 24.7. The van der Waals surface area contributed by atoms with E-state index in [1.165, 1.54) is 6.92 Å². The molecule has 1 aliphatic rings. The number of amides is 2. The number of piperidine rings is 1. The molecule has 138 valence electrons. The van der Waals surface area contributed by atoms with Gasteiger partial charge in [-0.25, -0.2) is 4.68 Å². The van der Waals surface area contributed by atoms with Crippen molar-refractivity contribution in [2.75, 3.05) is 13.1 Å². The predicted octanol–water partition coefficient (Wildman–Crippen LogP) is 0.987. The molecule has 9 heteroatoms. The molecule has 1 saturated heterocycles. The van der Waals surface area contributed by atoms with E-state index in [2.05, 4.69) is 20.9 Å². The molecule has 0 aliphatic carbocycles. The number of nitrogens with zero attached hydrogens (tertiary/aromatic N) is 3. The number of hydrogen-bond acceptors (Lipinski definition) is 5. The summed E-state index contributed by atoms with van der Waals surface area (Å²) in [6.07, 6.45) is 3.45. The Morgan fingerprint density at radius 2 is 2.12 bits per heavy atom. The van der Waals surface area contributed by atoms with E-state index in [9.17, 15) is 9.59 Å². The maximum atomic E-state index is 12.6. The van der Waals surface area contributed by atoms with Gasteiger partial charge in [-0.1, -0.05) is 28.9 Å². The van der Waals surface area contributed by atoms with Gasteiger partial charge in [0, 0.05) is 5.02 Å². The Hall–Kier alpha value is -2.45. The molecule has 2 heterocycles. The fourth-order valence-corrected chi connectivity index (χ4v) is 3.19. The standard InChI is InChI=1S/C17H21ClN6O2/c1-17(16(19)26,11-3-2-4-12(18)9-11)21-15(25)14-10-24(23-22-14)13-5-7-20-8-6-13/h2-4,9-10,13,20H,5-8H2,1H3,(H2,19,26)(H,21,25). The molecule has 1 aromatic heterocycles. The molecule has 0 radical (unpaired) electrons. The van der Waals surface area contributed by atoms with Crippen LogP contribution in [0.5, 0.6) is 0 Å². The number of primary amides is 1. The average Bonchev–Trinajstić information content (AvgIpc) is 3.12. The summed E-state index contributed by atoms with van der Waals surface area (Å²) in [6.45, 7) is 3.34. The summed E-state index contributed by atoms with van der Waals surface area (Å²) in [6, 6.07) is 6.86. The van der Waals surface area contributed by atoms with Crippen molar-refractivity contribution in [2.45, 2.75) is 31.3 Å². The topological polar surface area (TPSA) is 115 Å². The maximum absolute atomic E-state index is 12.6. The van der Waals surface area contributed by atoms with Gasteiger partial charge in [-0.05, 0) is 50.6 Å². The number of nitrogens with one attached hydrogen (secondary N) is 2. The summed E-state index contributed by atoms with van der Waals surface area (Å²) in [5, 5.41) is 14.4. The van der Waals surface area contributed by atoms with E-state index in [0.29, 0.717) is 10.6 Å². The van der Waals surface area contributed by atoms with Crippen LogP contribution >= 0.6 is 11.6 Å². The second-order valence-electron chi connectivity index (χ2n) is 6.52. The lowest BCUT2D eigenvalue weighted by molar-refractivity contribution is -0.123. The van der Waals surface area contributed by atoms with Crippen LogP contribution in [0.3, 0.4) is 0 Å². The van der Waals surface area contributed by atoms with E-state index in [4.69, 9.17) is 17.3 Å². The Kier molecular flexibility index (Phi) is 5.24. The summed E-state index contributed by atoms with van der Waals surface area (Å²) in [7, 11) is 0. The van der Waals surface area contributed by atoms with E-state index in [1.54, 1.807) is 35.1 Å². The van der Waals surface area contributed by atoms with Crippen LogP contribution in [0.15, 0.2) is 30.5 Å². The molecule has 1 unspecified atom stereocenters. The van der Waals surface area contributed by atoms with Crippen molar-refractivity contribution in [3.05, 3.63) is 46.7 Å². The number of halogens is 1. The first kappa shape index (κ1) is 18.3. The van der Waals surface area contributed by atoms with Crippen LogP contribution in [0, 0.1) is 0 Å². The molecule has 0 saturated carbocycles. The van der Waals surface area contributed by atoms with Crippen molar-refractivity contribution < 1.29 is 9.59 Å². The summed E-state index contributed by atoms with van der Waals surface area (Å²) in [5.74, 6) is -1.22. The third-order valence-corrected chi connectivity index (χ3v) is 4.92. The van der Waals surface area contributed by atoms with Crippen LogP contribution in [0.1, 0.15) is 41.9 Å². The van der Waals surface area contributed by atoms with Gasteiger partial charge in [-0.2, -0.15) is 0 Å². The third kappa shape index (κ3) is 3.71. The summed E-state index contributed by atoms with van der Waals surface area (Å²) in [5.41, 5.74) is 4.77. The van der Waals surface area contributed by atoms with Crippen molar-refractivity contribution in [3.63, 3.8) is 0 Å². The zero-order chi connectivity index (χ0) is 18.7. The Labute approximate surface area is 156 Å². The smallest absolute Gasteiger partial charge is 0.274 e. The van der Waals surface area contributed by atoms with Crippen LogP contribution < -0.4 is 16.4 Å². The molecule has 1 aromatic carbocycles. The number of hydrogen-bond donors (Lipinski definition) is 3. The molecule has 3 rings (SSSR count). The number of nitrogens with two attached hydrogens (primary N) is 1. The molecular formula is C17H21ClN6O2. The Balaban J connectivity index is 1.80. The lowest BCUT2D eigenvalue weighted by Crippen LogP contribution is -2.52. The number of carbonyl (C=O) groups is 2. The first-order valence-electron chi connectivity index (χ1n) is 8.41. The van der Waals surface area contributed by atoms with E-state index in [0.717, 1.165) is 25.9 Å². The monoisotopic (exact) mass is 376 g/mol. The molecule has 4 N–H and O–H groups in total. The fraction of sp³-hybridized carbons (Fsp3) is 0.412. The molecule has 1 fully saturated rings. The van der Waals surface area contributed by atoms with Crippen molar-refractivity contribution in [3.8, 4) is 0 Å². The largest absolute Gasteiger partial charge is 0.367 e. The molecule has 26 heavy (non-hydrogen) atoms. The highest BCUT2D eigenvalue weighted by Crippen LogP contribution is 2.24. The molecular weight excluding hydrogens is 356 g/mol. The number of benzene rings is 1. The Bertz CT molecular complexity index is 817. The minimum Gasteiger partial charge on any atom is -0.367 e. The number of aromatic nitrogens is 3. The van der Waals surface area contributed by atoms with Crippen molar-refractivity contribution in [2.24, 2.45) is 5.73 Å². The highest BCUT2D eigenvalue weighted by molar-refractivity contribution is 6.30. The normalized spacial score (nSPS) is 17.5. The minimum absolute atomic E-state index is 0.137. The van der Waals surface area contributed by atoms with Crippen LogP contribution in [0.4, 0.5) is 0 Å². The molecule has 2 amide bonds. The van der Waals surface area contributed by atoms with Gasteiger partial charge in [0.15, 0.2) is 5.69 Å². The summed E-state index contributed by atoms with van der Waals surface area (Å²) < 4.78 is 1.71. The second-order valence-corrected chi connectivity index (χ2v) is 6.96. The van der Waals surface area contributed by atoms with Gasteiger partial charge in [0.1, 0.15) is 5.54 Å². The summed E-state index contributed by atoms with van der Waals surface area (Å²) >= 11 is 6.00. The van der Waals surface area contributed by atoms with Gasteiger partial charge in [0.2, 0.25) is 5.91 Å². The molecule has 8 nitrogen and oxygen atoms in total. The van der Waals surface area contributed by atoms with Gasteiger partial charge < -0.3 is 16.4 Å². The predicted molar refractivity (Wildman–Crippen MR) is 96.6 cm³/mol. The molecule has 0 spiro atoms. The van der Waals surface area contributed by atoms with Crippen molar-refractivity contribution in [1.82, 2.24) is 25.6 Å². The van der Waals surface area contributed by atoms with Crippen LogP contribution in [-0.2, 0) is 10.3 Å². The van der Waals surface area contributed by atoms with E-state index in [1.807, 2.05) is 0 Å². The molecule has 0 bridgehead atoms. The van der Waals surface area contributed by atoms with Crippen molar-refractivity contribution in [1.29, 1.82) is 0 Å². The highest BCUT2D eigenvalue weighted by Gasteiger charge is 2.36. The third-order valence-electron chi connectivity index (χ3n) is 4.68. The van der Waals surface area contributed by atoms with Crippen LogP contribution in [-0.4, -0.2) is 39.9 Å². The van der Waals surface area contributed by atoms with E-state index in [-0.39, 0.29) is 11.7 Å². The van der Waals surface area contributed by atoms with E-state index >= 15 is 0 Å². The quantitative estimate of drug-likeness (QED) is 0.719. The Morgan fingerprint density at radius 1 is 1.38 bits per heavy atom. The van der Waals surface area contributed by atoms with Crippen LogP contribution in [0.25, 0.3) is 0 Å². The van der Waals surface area contributed by atoms with Crippen molar-refractivity contribution >= 4 is 23.4 Å². The lowest BCUT2D eigenvalue weighted by atomic mass is 9.91. The van der Waals surface area contributed by atoms with Gasteiger partial charge in [-0.3, -0.25) is 9.59 Å². The maximum Gasteiger partial charge on any atom is 0.274 e. The Morgan fingerprint density at radius 3 is 2.77 bits per heavy atom. The zero-order valence-electron chi connectivity index (χ0n) is 14.4. The first-order valence-corrected chi connectivity index (χ1v) is 8.79. The number of carbonyl (C=O) groups excluding carboxylic acids is 2. The average molecular weight is 377 g/mol. The molecule has 2 aromatic rings. The second kappa shape index (κ2) is 7.43. The van der Waals surface area contributed by atoms with Crippen LogP contribution in [0.2, 0.25) is 5.02 Å². The molecule has 1 aliphatic heterocycles. The van der Waals surface area contributed by atoms with Gasteiger partial charge >= 0.3 is 0 Å². The number of rotatable bonds is 5. The van der Waals surface area contributed by atoms with Gasteiger partial charge in [-0.15, -0.1) is 5.10 Å². The van der Waals surface area contributed by atoms with Gasteiger partial charge in [0.25, 0.3) is 5.91 Å². The zero-order valence-corrected chi connectivity index (χ0v) is 15.2. The minimum atomic E-state index is -1.42. The molecule has 1 atom stereocenters. The van der Waals surface area contributed by atoms with Gasteiger partial charge in [0.05, 0.1) is 12.2 Å². The first-order chi connectivity index (χ1) is 12.4. The van der Waals surface area contributed by atoms with E-state index < -0.39 is 17.4 Å². The lowest BCUT2D eigenvalue weighted by Gasteiger charge is -2.27. The highest BCUT2D eigenvalue weighted by atomic mass is 35.5. The fourth-order valence-electron chi connectivity index (χ4n) is 3.00.